The van der Waals surface area contributed by atoms with Gasteiger partial charge < -0.3 is 19.6 Å². The summed E-state index contributed by atoms with van der Waals surface area (Å²) in [7, 11) is 0. The summed E-state index contributed by atoms with van der Waals surface area (Å²) in [5.41, 5.74) is 3.92. The number of hydrogen-bond donors (Lipinski definition) is 2. The maximum absolute atomic E-state index is 9.83. The van der Waals surface area contributed by atoms with E-state index >= 15 is 0 Å². The van der Waals surface area contributed by atoms with Crippen molar-refractivity contribution < 1.29 is 14.7 Å². The van der Waals surface area contributed by atoms with Crippen LogP contribution in [-0.4, -0.2) is 46.0 Å². The summed E-state index contributed by atoms with van der Waals surface area (Å²) in [6, 6.07) is 17.4. The predicted octanol–water partition coefficient (Wildman–Crippen LogP) is 4.20. The van der Waals surface area contributed by atoms with Crippen LogP contribution in [0.5, 0.6) is 5.75 Å². The van der Waals surface area contributed by atoms with Gasteiger partial charge in [-0.15, -0.1) is 0 Å². The molecule has 0 amide bonds. The zero-order valence-corrected chi connectivity index (χ0v) is 16.4. The lowest BCUT2D eigenvalue weighted by atomic mass is 9.91. The first-order chi connectivity index (χ1) is 14.1. The number of aliphatic hydroxyl groups is 1. The summed E-state index contributed by atoms with van der Waals surface area (Å²) < 4.78 is 6.04. The van der Waals surface area contributed by atoms with Crippen molar-refractivity contribution >= 4 is 0 Å². The Morgan fingerprint density at radius 1 is 0.966 bits per heavy atom. The van der Waals surface area contributed by atoms with E-state index in [0.29, 0.717) is 0 Å². The highest BCUT2D eigenvalue weighted by atomic mass is 16.5. The van der Waals surface area contributed by atoms with Crippen molar-refractivity contribution in [3.8, 4) is 28.1 Å². The number of phenols is 1. The van der Waals surface area contributed by atoms with E-state index in [9.17, 15) is 10.2 Å². The molecule has 0 unspecified atom stereocenters. The van der Waals surface area contributed by atoms with Crippen LogP contribution in [0.15, 0.2) is 59.1 Å². The molecule has 3 aromatic rings. The van der Waals surface area contributed by atoms with Crippen LogP contribution < -0.4 is 0 Å². The number of aromatic nitrogens is 1. The third kappa shape index (κ3) is 3.56. The molecule has 0 bridgehead atoms. The van der Waals surface area contributed by atoms with Gasteiger partial charge in [0.1, 0.15) is 11.4 Å². The fourth-order valence-corrected chi connectivity index (χ4v) is 4.45. The maximum Gasteiger partial charge on any atom is 0.152 e. The molecule has 29 heavy (non-hydrogen) atoms. The van der Waals surface area contributed by atoms with Crippen LogP contribution in [0.3, 0.4) is 0 Å². The highest BCUT2D eigenvalue weighted by molar-refractivity contribution is 5.83. The SMILES string of the molecule is Oc1ccc(-c2noc(C3(CN4CCC(O)CC4)CC3)c2-c2ccccc2)cc1. The third-order valence-electron chi connectivity index (χ3n) is 6.31. The molecule has 2 aliphatic rings. The van der Waals surface area contributed by atoms with E-state index in [-0.39, 0.29) is 17.3 Å². The molecular weight excluding hydrogens is 364 g/mol. The van der Waals surface area contributed by atoms with Gasteiger partial charge in [0.2, 0.25) is 0 Å². The number of nitrogens with zero attached hydrogens (tertiary/aromatic N) is 2. The second-order valence-electron chi connectivity index (χ2n) is 8.44. The third-order valence-corrected chi connectivity index (χ3v) is 6.31. The zero-order chi connectivity index (χ0) is 19.8. The lowest BCUT2D eigenvalue weighted by molar-refractivity contribution is 0.0762. The normalized spacial score (nSPS) is 19.3. The number of benzene rings is 2. The molecule has 1 aliphatic heterocycles. The van der Waals surface area contributed by atoms with E-state index in [2.05, 4.69) is 22.2 Å². The molecule has 5 rings (SSSR count). The number of aromatic hydroxyl groups is 1. The molecule has 1 aliphatic carbocycles. The lowest BCUT2D eigenvalue weighted by Crippen LogP contribution is -2.40. The highest BCUT2D eigenvalue weighted by Crippen LogP contribution is 2.53. The molecule has 1 saturated carbocycles. The summed E-state index contributed by atoms with van der Waals surface area (Å²) in [5.74, 6) is 1.21. The Kier molecular flexibility index (Phi) is 4.64. The van der Waals surface area contributed by atoms with Crippen molar-refractivity contribution in [2.24, 2.45) is 0 Å². The van der Waals surface area contributed by atoms with Gasteiger partial charge in [-0.2, -0.15) is 0 Å². The zero-order valence-electron chi connectivity index (χ0n) is 16.4. The number of likely N-dealkylation sites (tertiary alicyclic amines) is 1. The van der Waals surface area contributed by atoms with Crippen LogP contribution in [0.4, 0.5) is 0 Å². The van der Waals surface area contributed by atoms with Crippen molar-refractivity contribution in [1.29, 1.82) is 0 Å². The monoisotopic (exact) mass is 390 g/mol. The predicted molar refractivity (Wildman–Crippen MR) is 112 cm³/mol. The van der Waals surface area contributed by atoms with Gasteiger partial charge in [-0.25, -0.2) is 0 Å². The van der Waals surface area contributed by atoms with Crippen LogP contribution in [0.1, 0.15) is 31.4 Å². The Hall–Kier alpha value is -2.63. The van der Waals surface area contributed by atoms with E-state index in [0.717, 1.165) is 73.5 Å². The second-order valence-corrected chi connectivity index (χ2v) is 8.44. The first kappa shape index (κ1) is 18.4. The van der Waals surface area contributed by atoms with Gasteiger partial charge in [0.15, 0.2) is 5.76 Å². The molecule has 150 valence electrons. The molecule has 2 heterocycles. The van der Waals surface area contributed by atoms with E-state index in [1.165, 1.54) is 0 Å². The summed E-state index contributed by atoms with van der Waals surface area (Å²) in [6.45, 7) is 2.81. The summed E-state index contributed by atoms with van der Waals surface area (Å²) in [6.07, 6.45) is 3.72. The Morgan fingerprint density at radius 2 is 1.66 bits per heavy atom. The molecule has 2 aromatic carbocycles. The maximum atomic E-state index is 9.83. The summed E-state index contributed by atoms with van der Waals surface area (Å²) in [5, 5.41) is 24.0. The Morgan fingerprint density at radius 3 is 2.31 bits per heavy atom. The van der Waals surface area contributed by atoms with Gasteiger partial charge in [-0.05, 0) is 55.5 Å². The molecule has 0 radical (unpaired) electrons. The molecule has 1 saturated heterocycles. The van der Waals surface area contributed by atoms with Crippen LogP contribution >= 0.6 is 0 Å². The van der Waals surface area contributed by atoms with Crippen LogP contribution in [0.25, 0.3) is 22.4 Å². The molecule has 5 heteroatoms. The van der Waals surface area contributed by atoms with E-state index in [4.69, 9.17) is 4.52 Å². The number of rotatable bonds is 5. The number of aliphatic hydroxyl groups excluding tert-OH is 1. The minimum Gasteiger partial charge on any atom is -0.508 e. The topological polar surface area (TPSA) is 69.7 Å². The Labute approximate surface area is 170 Å². The first-order valence-electron chi connectivity index (χ1n) is 10.4. The van der Waals surface area contributed by atoms with Crippen LogP contribution in [-0.2, 0) is 5.41 Å². The van der Waals surface area contributed by atoms with Gasteiger partial charge in [0.05, 0.1) is 11.7 Å². The minimum absolute atomic E-state index is 0.00433. The molecule has 1 aromatic heterocycles. The standard InChI is InChI=1S/C24H26N2O3/c27-19-8-6-18(7-9-19)22-21(17-4-2-1-3-5-17)23(29-25-22)24(12-13-24)16-26-14-10-20(28)11-15-26/h1-9,20,27-28H,10-16H2. The van der Waals surface area contributed by atoms with Gasteiger partial charge >= 0.3 is 0 Å². The van der Waals surface area contributed by atoms with E-state index < -0.39 is 0 Å². The van der Waals surface area contributed by atoms with Crippen LogP contribution in [0, 0.1) is 0 Å². The Balaban J connectivity index is 1.54. The smallest absolute Gasteiger partial charge is 0.152 e. The van der Waals surface area contributed by atoms with Gasteiger partial charge in [-0.3, -0.25) is 0 Å². The van der Waals surface area contributed by atoms with Gasteiger partial charge in [-0.1, -0.05) is 35.5 Å². The van der Waals surface area contributed by atoms with Crippen molar-refractivity contribution in [3.63, 3.8) is 0 Å². The van der Waals surface area contributed by atoms with E-state index in [1.807, 2.05) is 30.3 Å². The summed E-state index contributed by atoms with van der Waals surface area (Å²) in [4.78, 5) is 2.46. The number of piperidine rings is 1. The van der Waals surface area contributed by atoms with Crippen molar-refractivity contribution in [3.05, 3.63) is 60.4 Å². The number of phenolic OH excluding ortho intramolecular Hbond substituents is 1. The fourth-order valence-electron chi connectivity index (χ4n) is 4.45. The van der Waals surface area contributed by atoms with E-state index in [1.54, 1.807) is 12.1 Å². The first-order valence-corrected chi connectivity index (χ1v) is 10.4. The summed E-state index contributed by atoms with van der Waals surface area (Å²) >= 11 is 0. The Bertz CT molecular complexity index is 969. The quantitative estimate of drug-likeness (QED) is 0.683. The molecule has 0 spiro atoms. The fraction of sp³-hybridized carbons (Fsp3) is 0.375. The van der Waals surface area contributed by atoms with Crippen molar-refractivity contribution in [2.45, 2.75) is 37.2 Å². The molecule has 5 nitrogen and oxygen atoms in total. The molecule has 2 fully saturated rings. The number of hydrogen-bond acceptors (Lipinski definition) is 5. The average Bonchev–Trinajstić information content (AvgIpc) is 3.38. The second kappa shape index (κ2) is 7.32. The molecule has 2 N–H and O–H groups in total. The largest absolute Gasteiger partial charge is 0.508 e. The van der Waals surface area contributed by atoms with Gasteiger partial charge in [0.25, 0.3) is 0 Å². The lowest BCUT2D eigenvalue weighted by Gasteiger charge is -2.32. The molecule has 0 atom stereocenters. The highest BCUT2D eigenvalue weighted by Gasteiger charge is 2.51. The van der Waals surface area contributed by atoms with Gasteiger partial charge in [0, 0.05) is 30.6 Å². The minimum atomic E-state index is -0.160. The molecular formula is C24H26N2O3. The van der Waals surface area contributed by atoms with Crippen molar-refractivity contribution in [1.82, 2.24) is 10.1 Å². The van der Waals surface area contributed by atoms with Crippen LogP contribution in [0.2, 0.25) is 0 Å². The van der Waals surface area contributed by atoms with Crippen molar-refractivity contribution in [2.75, 3.05) is 19.6 Å². The average molecular weight is 390 g/mol.